The van der Waals surface area contributed by atoms with Gasteiger partial charge in [0.2, 0.25) is 0 Å². The molecule has 164 valence electrons. The molecule has 3 aromatic rings. The van der Waals surface area contributed by atoms with Crippen molar-refractivity contribution in [3.05, 3.63) is 35.4 Å². The highest BCUT2D eigenvalue weighted by Crippen LogP contribution is 2.32. The van der Waals surface area contributed by atoms with Gasteiger partial charge in [0.15, 0.2) is 18.4 Å². The third-order valence-corrected chi connectivity index (χ3v) is 5.41. The number of pyridine rings is 1. The third-order valence-electron chi connectivity index (χ3n) is 5.12. The van der Waals surface area contributed by atoms with Crippen LogP contribution in [0.15, 0.2) is 30.3 Å². The molecule has 0 bridgehead atoms. The monoisotopic (exact) mass is 455 g/mol. The van der Waals surface area contributed by atoms with Crippen LogP contribution in [0.4, 0.5) is 13.2 Å². The third kappa shape index (κ3) is 4.28. The smallest absolute Gasteiger partial charge is 0.422 e. The van der Waals surface area contributed by atoms with Crippen molar-refractivity contribution in [2.75, 3.05) is 19.8 Å². The maximum atomic E-state index is 12.3. The number of ether oxygens (including phenoxy) is 4. The molecule has 0 spiro atoms. The first-order chi connectivity index (χ1) is 14.9. The summed E-state index contributed by atoms with van der Waals surface area (Å²) < 4.78 is 58.9. The summed E-state index contributed by atoms with van der Waals surface area (Å²) in [6.45, 7) is -0.281. The quantitative estimate of drug-likeness (QED) is 0.622. The van der Waals surface area contributed by atoms with Gasteiger partial charge in [0.25, 0.3) is 6.01 Å². The predicted molar refractivity (Wildman–Crippen MR) is 104 cm³/mol. The Kier molecular flexibility index (Phi) is 5.15. The van der Waals surface area contributed by atoms with Gasteiger partial charge >= 0.3 is 6.18 Å². The van der Waals surface area contributed by atoms with E-state index in [1.165, 1.54) is 12.1 Å². The van der Waals surface area contributed by atoms with E-state index >= 15 is 0 Å². The lowest BCUT2D eigenvalue weighted by Gasteiger charge is -2.15. The number of nitrogens with one attached hydrogen (secondary N) is 1. The molecule has 0 amide bonds. The molecule has 2 aliphatic rings. The first-order valence-corrected chi connectivity index (χ1v) is 10.00. The van der Waals surface area contributed by atoms with Crippen LogP contribution >= 0.6 is 11.6 Å². The van der Waals surface area contributed by atoms with Crippen LogP contribution in [0.3, 0.4) is 0 Å². The number of imidazole rings is 1. The predicted octanol–water partition coefficient (Wildman–Crippen LogP) is 4.15. The Morgan fingerprint density at radius 1 is 1.16 bits per heavy atom. The molecule has 2 aromatic heterocycles. The molecule has 4 heterocycles. The average molecular weight is 456 g/mol. The number of rotatable bonds is 5. The number of aromatic nitrogens is 3. The minimum absolute atomic E-state index is 0.0524. The van der Waals surface area contributed by atoms with Gasteiger partial charge in [-0.15, -0.1) is 0 Å². The van der Waals surface area contributed by atoms with Crippen LogP contribution in [0, 0.1) is 0 Å². The van der Waals surface area contributed by atoms with Crippen molar-refractivity contribution in [3.63, 3.8) is 0 Å². The number of H-pyrrole nitrogens is 1. The number of alkyl halides is 3. The lowest BCUT2D eigenvalue weighted by atomic mass is 10.1. The molecule has 11 heteroatoms. The highest BCUT2D eigenvalue weighted by Gasteiger charge is 2.43. The zero-order valence-corrected chi connectivity index (χ0v) is 16.7. The van der Waals surface area contributed by atoms with Crippen molar-refractivity contribution in [3.8, 4) is 23.0 Å². The Bertz CT molecular complexity index is 1090. The van der Waals surface area contributed by atoms with Crippen molar-refractivity contribution >= 4 is 22.8 Å². The van der Waals surface area contributed by atoms with E-state index < -0.39 is 12.8 Å². The number of aromatic amines is 1. The number of hydrogen-bond acceptors (Lipinski definition) is 6. The molecule has 1 aromatic carbocycles. The normalized spacial score (nSPS) is 23.3. The van der Waals surface area contributed by atoms with E-state index in [1.807, 2.05) is 0 Å². The standard InChI is InChI=1S/C20H17ClF3N3O4/c21-12-7-13-18(27-19(25-13)31-15-8-29-14-5-6-28-17(14)15)26-16(12)10-1-3-11(4-2-10)30-9-20(22,23)24/h1-4,7,14-15,17H,5-6,8-9H2,(H,25,26,27). The maximum Gasteiger partial charge on any atom is 0.422 e. The second-order valence-electron chi connectivity index (χ2n) is 7.31. The highest BCUT2D eigenvalue weighted by molar-refractivity contribution is 6.33. The molecular formula is C20H17ClF3N3O4. The summed E-state index contributed by atoms with van der Waals surface area (Å²) >= 11 is 6.38. The molecular weight excluding hydrogens is 439 g/mol. The summed E-state index contributed by atoms with van der Waals surface area (Å²) in [5.74, 6) is 0.0972. The molecule has 1 N–H and O–H groups in total. The molecule has 7 nitrogen and oxygen atoms in total. The second kappa shape index (κ2) is 7.85. The van der Waals surface area contributed by atoms with E-state index in [1.54, 1.807) is 18.2 Å². The van der Waals surface area contributed by atoms with Crippen LogP contribution in [0.5, 0.6) is 11.8 Å². The van der Waals surface area contributed by atoms with Gasteiger partial charge in [-0.05, 0) is 36.8 Å². The lowest BCUT2D eigenvalue weighted by molar-refractivity contribution is -0.153. The molecule has 5 rings (SSSR count). The van der Waals surface area contributed by atoms with Crippen molar-refractivity contribution < 1.29 is 32.1 Å². The molecule has 3 atom stereocenters. The molecule has 0 aliphatic carbocycles. The summed E-state index contributed by atoms with van der Waals surface area (Å²) in [6.07, 6.45) is -3.86. The number of benzene rings is 1. The van der Waals surface area contributed by atoms with E-state index in [0.29, 0.717) is 40.7 Å². The van der Waals surface area contributed by atoms with Crippen LogP contribution in [-0.2, 0) is 9.47 Å². The van der Waals surface area contributed by atoms with Gasteiger partial charge in [0, 0.05) is 12.2 Å². The molecule has 0 radical (unpaired) electrons. The Morgan fingerprint density at radius 2 is 1.97 bits per heavy atom. The van der Waals surface area contributed by atoms with Crippen molar-refractivity contribution in [2.24, 2.45) is 0 Å². The number of nitrogens with zero attached hydrogens (tertiary/aromatic N) is 2. The van der Waals surface area contributed by atoms with Crippen LogP contribution in [0.2, 0.25) is 5.02 Å². The van der Waals surface area contributed by atoms with Crippen LogP contribution < -0.4 is 9.47 Å². The lowest BCUT2D eigenvalue weighted by Crippen LogP contribution is -2.32. The van der Waals surface area contributed by atoms with Gasteiger partial charge in [0.05, 0.1) is 28.9 Å². The first-order valence-electron chi connectivity index (χ1n) is 9.62. The fraction of sp³-hybridized carbons (Fsp3) is 0.400. The van der Waals surface area contributed by atoms with E-state index in [2.05, 4.69) is 15.0 Å². The Hall–Kier alpha value is -2.56. The molecule has 31 heavy (non-hydrogen) atoms. The zero-order chi connectivity index (χ0) is 21.6. The van der Waals surface area contributed by atoms with Gasteiger partial charge in [-0.25, -0.2) is 4.98 Å². The summed E-state index contributed by atoms with van der Waals surface area (Å²) in [6, 6.07) is 8.00. The fourth-order valence-corrected chi connectivity index (χ4v) is 3.96. The second-order valence-corrected chi connectivity index (χ2v) is 7.72. The van der Waals surface area contributed by atoms with Gasteiger partial charge in [-0.1, -0.05) is 11.6 Å². The van der Waals surface area contributed by atoms with Gasteiger partial charge in [-0.2, -0.15) is 18.2 Å². The molecule has 2 aliphatic heterocycles. The molecule has 2 fully saturated rings. The molecule has 3 unspecified atom stereocenters. The van der Waals surface area contributed by atoms with Crippen molar-refractivity contribution in [1.82, 2.24) is 15.0 Å². The van der Waals surface area contributed by atoms with Crippen LogP contribution in [-0.4, -0.2) is 59.3 Å². The maximum absolute atomic E-state index is 12.3. The SMILES string of the molecule is FC(F)(F)COc1ccc(-c2nc3nc(OC4COC5CCOC54)[nH]c3cc2Cl)cc1. The number of hydrogen-bond donors (Lipinski definition) is 1. The summed E-state index contributed by atoms with van der Waals surface area (Å²) in [5.41, 5.74) is 2.05. The minimum Gasteiger partial charge on any atom is -0.484 e. The van der Waals surface area contributed by atoms with Crippen molar-refractivity contribution in [1.29, 1.82) is 0 Å². The minimum atomic E-state index is -4.40. The zero-order valence-electron chi connectivity index (χ0n) is 16.0. The number of halogens is 4. The van der Waals surface area contributed by atoms with Crippen LogP contribution in [0.1, 0.15) is 6.42 Å². The fourth-order valence-electron chi connectivity index (χ4n) is 3.70. The van der Waals surface area contributed by atoms with Crippen LogP contribution in [0.25, 0.3) is 22.4 Å². The van der Waals surface area contributed by atoms with E-state index in [-0.39, 0.29) is 30.1 Å². The first kappa shape index (κ1) is 20.3. The summed E-state index contributed by atoms with van der Waals surface area (Å²) in [5, 5.41) is 0.357. The average Bonchev–Trinajstić information content (AvgIpc) is 3.43. The van der Waals surface area contributed by atoms with E-state index in [0.717, 1.165) is 6.42 Å². The van der Waals surface area contributed by atoms with Gasteiger partial charge < -0.3 is 23.9 Å². The van der Waals surface area contributed by atoms with E-state index in [4.69, 9.17) is 30.5 Å². The Labute approximate surface area is 179 Å². The molecule has 2 saturated heterocycles. The van der Waals surface area contributed by atoms with E-state index in [9.17, 15) is 13.2 Å². The van der Waals surface area contributed by atoms with Gasteiger partial charge in [-0.3, -0.25) is 0 Å². The Balaban J connectivity index is 1.34. The van der Waals surface area contributed by atoms with Crippen molar-refractivity contribution in [2.45, 2.75) is 30.9 Å². The Morgan fingerprint density at radius 3 is 2.74 bits per heavy atom. The number of fused-ring (bicyclic) bond motifs is 2. The largest absolute Gasteiger partial charge is 0.484 e. The molecule has 0 saturated carbocycles. The summed E-state index contributed by atoms with van der Waals surface area (Å²) in [7, 11) is 0. The topological polar surface area (TPSA) is 78.5 Å². The highest BCUT2D eigenvalue weighted by atomic mass is 35.5. The summed E-state index contributed by atoms with van der Waals surface area (Å²) in [4.78, 5) is 11.9. The van der Waals surface area contributed by atoms with Gasteiger partial charge in [0.1, 0.15) is 11.9 Å².